The van der Waals surface area contributed by atoms with E-state index in [4.69, 9.17) is 0 Å². The summed E-state index contributed by atoms with van der Waals surface area (Å²) in [5.74, 6) is -0.454. The van der Waals surface area contributed by atoms with Crippen molar-refractivity contribution < 1.29 is 18.0 Å². The van der Waals surface area contributed by atoms with E-state index in [0.29, 0.717) is 22.5 Å². The van der Waals surface area contributed by atoms with Crippen molar-refractivity contribution in [2.75, 3.05) is 23.1 Å². The van der Waals surface area contributed by atoms with Crippen LogP contribution in [0.5, 0.6) is 0 Å². The zero-order valence-electron chi connectivity index (χ0n) is 18.0. The molecule has 0 bridgehead atoms. The Labute approximate surface area is 197 Å². The molecule has 7 nitrogen and oxygen atoms in total. The van der Waals surface area contributed by atoms with Crippen molar-refractivity contribution in [1.82, 2.24) is 4.90 Å². The molecule has 1 aliphatic heterocycles. The number of nitrogens with one attached hydrogen (secondary N) is 2. The van der Waals surface area contributed by atoms with E-state index in [2.05, 4.69) is 10.0 Å². The van der Waals surface area contributed by atoms with Gasteiger partial charge in [0, 0.05) is 24.3 Å². The summed E-state index contributed by atoms with van der Waals surface area (Å²) >= 11 is 1.13. The number of amides is 2. The predicted octanol–water partition coefficient (Wildman–Crippen LogP) is 4.82. The molecule has 4 rings (SSSR count). The number of anilines is 2. The first kappa shape index (κ1) is 23.0. The minimum Gasteiger partial charge on any atom is -0.339 e. The summed E-state index contributed by atoms with van der Waals surface area (Å²) in [6.45, 7) is 1.45. The Hall–Kier alpha value is -3.17. The summed E-state index contributed by atoms with van der Waals surface area (Å²) in [4.78, 5) is 27.8. The van der Waals surface area contributed by atoms with Crippen molar-refractivity contribution in [1.29, 1.82) is 0 Å². The molecule has 33 heavy (non-hydrogen) atoms. The number of hydrogen-bond acceptors (Lipinski definition) is 5. The van der Waals surface area contributed by atoms with E-state index in [1.54, 1.807) is 47.8 Å². The van der Waals surface area contributed by atoms with E-state index in [-0.39, 0.29) is 16.0 Å². The first-order chi connectivity index (χ1) is 15.9. The molecule has 1 aliphatic rings. The standard InChI is InChI=1S/C24H25N3O4S2/c28-23(18-11-13-19(14-12-18)26-33(30,31)22-10-7-17-32-22)25-21-9-4-3-8-20(21)24(29)27-15-5-1-2-6-16-27/h3-4,7-14,17,26H,1-2,5-6,15-16H2,(H,25,28). The second kappa shape index (κ2) is 10.2. The van der Waals surface area contributed by atoms with E-state index in [0.717, 1.165) is 50.1 Å². The molecule has 0 saturated carbocycles. The fraction of sp³-hybridized carbons (Fsp3) is 0.250. The third-order valence-corrected chi connectivity index (χ3v) is 8.24. The van der Waals surface area contributed by atoms with Crippen LogP contribution in [-0.4, -0.2) is 38.2 Å². The first-order valence-electron chi connectivity index (χ1n) is 10.8. The monoisotopic (exact) mass is 483 g/mol. The molecule has 0 spiro atoms. The average Bonchev–Trinajstić information content (AvgIpc) is 3.24. The second-order valence-electron chi connectivity index (χ2n) is 7.82. The van der Waals surface area contributed by atoms with E-state index < -0.39 is 10.0 Å². The summed E-state index contributed by atoms with van der Waals surface area (Å²) in [6, 6.07) is 16.4. The highest BCUT2D eigenvalue weighted by molar-refractivity contribution is 7.94. The van der Waals surface area contributed by atoms with Gasteiger partial charge < -0.3 is 10.2 Å². The molecule has 1 saturated heterocycles. The van der Waals surface area contributed by atoms with Crippen LogP contribution in [0.3, 0.4) is 0 Å². The zero-order valence-corrected chi connectivity index (χ0v) is 19.6. The molecular weight excluding hydrogens is 458 g/mol. The van der Waals surface area contributed by atoms with Crippen LogP contribution in [0.1, 0.15) is 46.4 Å². The lowest BCUT2D eigenvalue weighted by atomic mass is 10.1. The largest absolute Gasteiger partial charge is 0.339 e. The van der Waals surface area contributed by atoms with E-state index in [1.165, 1.54) is 18.2 Å². The summed E-state index contributed by atoms with van der Waals surface area (Å²) in [5.41, 5.74) is 1.63. The number of sulfonamides is 1. The van der Waals surface area contributed by atoms with Gasteiger partial charge in [0.05, 0.1) is 11.3 Å². The number of carbonyl (C=O) groups excluding carboxylic acids is 2. The highest BCUT2D eigenvalue weighted by Gasteiger charge is 2.21. The lowest BCUT2D eigenvalue weighted by Crippen LogP contribution is -2.32. The second-order valence-corrected chi connectivity index (χ2v) is 10.7. The van der Waals surface area contributed by atoms with Gasteiger partial charge in [0.15, 0.2) is 0 Å². The van der Waals surface area contributed by atoms with Crippen LogP contribution in [0, 0.1) is 0 Å². The Kier molecular flexibility index (Phi) is 7.10. The molecule has 172 valence electrons. The predicted molar refractivity (Wildman–Crippen MR) is 130 cm³/mol. The summed E-state index contributed by atoms with van der Waals surface area (Å²) in [5, 5.41) is 4.52. The topological polar surface area (TPSA) is 95.6 Å². The quantitative estimate of drug-likeness (QED) is 0.526. The van der Waals surface area contributed by atoms with Crippen molar-refractivity contribution >= 4 is 44.5 Å². The van der Waals surface area contributed by atoms with E-state index in [9.17, 15) is 18.0 Å². The Morgan fingerprint density at radius 3 is 2.21 bits per heavy atom. The molecule has 2 amide bonds. The van der Waals surface area contributed by atoms with Crippen molar-refractivity contribution in [3.8, 4) is 0 Å². The summed E-state index contributed by atoms with van der Waals surface area (Å²) < 4.78 is 27.4. The van der Waals surface area contributed by atoms with Gasteiger partial charge in [-0.3, -0.25) is 14.3 Å². The van der Waals surface area contributed by atoms with Crippen LogP contribution in [0.25, 0.3) is 0 Å². The number of benzene rings is 2. The SMILES string of the molecule is O=C(Nc1ccccc1C(=O)N1CCCCCC1)c1ccc(NS(=O)(=O)c2cccs2)cc1. The van der Waals surface area contributed by atoms with Crippen LogP contribution in [0.15, 0.2) is 70.3 Å². The van der Waals surface area contributed by atoms with Gasteiger partial charge in [-0.25, -0.2) is 8.42 Å². The molecule has 3 aromatic rings. The fourth-order valence-electron chi connectivity index (χ4n) is 3.73. The third kappa shape index (κ3) is 5.61. The average molecular weight is 484 g/mol. The number of carbonyl (C=O) groups is 2. The van der Waals surface area contributed by atoms with Gasteiger partial charge >= 0.3 is 0 Å². The smallest absolute Gasteiger partial charge is 0.271 e. The van der Waals surface area contributed by atoms with Gasteiger partial charge in [-0.05, 0) is 60.7 Å². The number of nitrogens with zero attached hydrogens (tertiary/aromatic N) is 1. The van der Waals surface area contributed by atoms with Gasteiger partial charge in [0.2, 0.25) is 0 Å². The first-order valence-corrected chi connectivity index (χ1v) is 13.2. The number of thiophene rings is 1. The molecule has 1 aromatic heterocycles. The van der Waals surface area contributed by atoms with Crippen LogP contribution >= 0.6 is 11.3 Å². The zero-order chi connectivity index (χ0) is 23.3. The van der Waals surface area contributed by atoms with Gasteiger partial charge in [-0.15, -0.1) is 11.3 Å². The Bertz CT molecular complexity index is 1210. The van der Waals surface area contributed by atoms with E-state index in [1.807, 2.05) is 4.90 Å². The maximum atomic E-state index is 13.1. The van der Waals surface area contributed by atoms with Crippen LogP contribution < -0.4 is 10.0 Å². The van der Waals surface area contributed by atoms with Crippen molar-refractivity contribution in [3.05, 3.63) is 77.2 Å². The lowest BCUT2D eigenvalue weighted by molar-refractivity contribution is 0.0762. The highest BCUT2D eigenvalue weighted by atomic mass is 32.2. The Balaban J connectivity index is 1.46. The number of rotatable bonds is 6. The molecule has 0 atom stereocenters. The number of hydrogen-bond donors (Lipinski definition) is 2. The minimum atomic E-state index is -3.65. The lowest BCUT2D eigenvalue weighted by Gasteiger charge is -2.22. The highest BCUT2D eigenvalue weighted by Crippen LogP contribution is 2.23. The summed E-state index contributed by atoms with van der Waals surface area (Å²) in [6.07, 6.45) is 4.23. The summed E-state index contributed by atoms with van der Waals surface area (Å²) in [7, 11) is -3.65. The molecule has 9 heteroatoms. The molecule has 0 radical (unpaired) electrons. The van der Waals surface area contributed by atoms with Crippen molar-refractivity contribution in [3.63, 3.8) is 0 Å². The van der Waals surface area contributed by atoms with Gasteiger partial charge in [-0.1, -0.05) is 31.0 Å². The number of likely N-dealkylation sites (tertiary alicyclic amines) is 1. The molecule has 2 N–H and O–H groups in total. The fourth-order valence-corrected chi connectivity index (χ4v) is 5.78. The Morgan fingerprint density at radius 1 is 0.848 bits per heavy atom. The van der Waals surface area contributed by atoms with Crippen LogP contribution in [0.4, 0.5) is 11.4 Å². The van der Waals surface area contributed by atoms with Crippen molar-refractivity contribution in [2.45, 2.75) is 29.9 Å². The molecule has 0 aliphatic carbocycles. The van der Waals surface area contributed by atoms with Gasteiger partial charge in [0.25, 0.3) is 21.8 Å². The third-order valence-electron chi connectivity index (χ3n) is 5.46. The van der Waals surface area contributed by atoms with Crippen LogP contribution in [0.2, 0.25) is 0 Å². The van der Waals surface area contributed by atoms with Gasteiger partial charge in [-0.2, -0.15) is 0 Å². The molecular formula is C24H25N3O4S2. The van der Waals surface area contributed by atoms with Crippen LogP contribution in [-0.2, 0) is 10.0 Å². The van der Waals surface area contributed by atoms with E-state index >= 15 is 0 Å². The molecule has 1 fully saturated rings. The maximum Gasteiger partial charge on any atom is 0.271 e. The number of para-hydroxylation sites is 1. The molecule has 2 heterocycles. The normalized spacial score (nSPS) is 14.4. The van der Waals surface area contributed by atoms with Gasteiger partial charge in [0.1, 0.15) is 4.21 Å². The molecule has 0 unspecified atom stereocenters. The van der Waals surface area contributed by atoms with Crippen molar-refractivity contribution in [2.24, 2.45) is 0 Å². The Morgan fingerprint density at radius 2 is 1.55 bits per heavy atom. The maximum absolute atomic E-state index is 13.1. The molecule has 2 aromatic carbocycles. The minimum absolute atomic E-state index is 0.0777.